The van der Waals surface area contributed by atoms with Crippen molar-refractivity contribution in [3.8, 4) is 0 Å². The van der Waals surface area contributed by atoms with Crippen LogP contribution in [0.4, 0.5) is 0 Å². The van der Waals surface area contributed by atoms with Crippen molar-refractivity contribution >= 4 is 12.2 Å². The molecular weight excluding hydrogens is 132 g/mol. The molecule has 0 aliphatic heterocycles. The third-order valence-electron chi connectivity index (χ3n) is 1.06. The first-order valence-electron chi connectivity index (χ1n) is 2.72. The second-order valence-electron chi connectivity index (χ2n) is 2.29. The van der Waals surface area contributed by atoms with Crippen molar-refractivity contribution in [1.29, 1.82) is 5.41 Å². The fourth-order valence-corrected chi connectivity index (χ4v) is 0.274. The van der Waals surface area contributed by atoms with Gasteiger partial charge in [-0.2, -0.15) is 0 Å². The Kier molecular flexibility index (Phi) is 2.66. The largest absolute Gasteiger partial charge is 0.385 e. The Bertz CT molecular complexity index is 172. The van der Waals surface area contributed by atoms with Gasteiger partial charge in [0.2, 0.25) is 0 Å². The molecule has 0 aromatic carbocycles. The van der Waals surface area contributed by atoms with E-state index < -0.39 is 5.54 Å². The Labute approximate surface area is 58.8 Å². The maximum atomic E-state index is 10.1. The lowest BCUT2D eigenvalue weighted by Gasteiger charge is -2.12. The van der Waals surface area contributed by atoms with Crippen LogP contribution in [0, 0.1) is 10.3 Å². The van der Waals surface area contributed by atoms with E-state index in [0.29, 0.717) is 0 Å². The van der Waals surface area contributed by atoms with Gasteiger partial charge in [-0.05, 0) is 13.8 Å². The van der Waals surface area contributed by atoms with Crippen LogP contribution in [-0.2, 0) is 0 Å². The zero-order valence-electron chi connectivity index (χ0n) is 5.96. The first-order chi connectivity index (χ1) is 4.54. The van der Waals surface area contributed by atoms with E-state index >= 15 is 0 Å². The van der Waals surface area contributed by atoms with E-state index in [9.17, 15) is 4.91 Å². The van der Waals surface area contributed by atoms with E-state index in [-0.39, 0.29) is 5.84 Å². The lowest BCUT2D eigenvalue weighted by molar-refractivity contribution is 0.688. The van der Waals surface area contributed by atoms with E-state index in [1.807, 2.05) is 0 Å². The zero-order valence-corrected chi connectivity index (χ0v) is 5.96. The number of amidine groups is 1. The predicted molar refractivity (Wildman–Crippen MR) is 40.3 cm³/mol. The van der Waals surface area contributed by atoms with Crippen molar-refractivity contribution in [2.45, 2.75) is 19.4 Å². The molecule has 0 aliphatic rings. The van der Waals surface area contributed by atoms with Crippen LogP contribution in [0.15, 0.2) is 10.2 Å². The molecule has 0 amide bonds. The van der Waals surface area contributed by atoms with Crippen LogP contribution in [0.2, 0.25) is 0 Å². The summed E-state index contributed by atoms with van der Waals surface area (Å²) in [5, 5.41) is 9.28. The van der Waals surface area contributed by atoms with Crippen LogP contribution in [0.25, 0.3) is 0 Å². The van der Waals surface area contributed by atoms with Gasteiger partial charge in [-0.3, -0.25) is 5.41 Å². The Morgan fingerprint density at radius 3 is 2.50 bits per heavy atom. The van der Waals surface area contributed by atoms with Crippen LogP contribution < -0.4 is 5.73 Å². The molecule has 10 heavy (non-hydrogen) atoms. The van der Waals surface area contributed by atoms with Gasteiger partial charge < -0.3 is 5.73 Å². The highest BCUT2D eigenvalue weighted by Crippen LogP contribution is 2.06. The molecule has 0 aromatic rings. The molecule has 0 heterocycles. The minimum Gasteiger partial charge on any atom is -0.385 e. The number of nitrogens with one attached hydrogen (secondary N) is 1. The standard InChI is InChI=1S/C5H10N4O/c1-5(2,9-10)4(7)8-3-6/h3H,1-2H3,(H3,6,7,8). The van der Waals surface area contributed by atoms with Crippen LogP contribution in [-0.4, -0.2) is 17.7 Å². The van der Waals surface area contributed by atoms with E-state index in [4.69, 9.17) is 11.1 Å². The van der Waals surface area contributed by atoms with Gasteiger partial charge in [-0.15, -0.1) is 4.91 Å². The van der Waals surface area contributed by atoms with Crippen LogP contribution >= 0.6 is 0 Å². The molecule has 0 bridgehead atoms. The van der Waals surface area contributed by atoms with Gasteiger partial charge in [0.25, 0.3) is 0 Å². The van der Waals surface area contributed by atoms with Crippen molar-refractivity contribution in [2.75, 3.05) is 0 Å². The quantitative estimate of drug-likeness (QED) is 0.341. The highest BCUT2D eigenvalue weighted by atomic mass is 16.3. The second kappa shape index (κ2) is 3.05. The summed E-state index contributed by atoms with van der Waals surface area (Å²) in [5.74, 6) is 0.0532. The number of rotatable bonds is 3. The topological polar surface area (TPSA) is 91.7 Å². The number of hydrogen-bond donors (Lipinski definition) is 2. The number of hydrogen-bond acceptors (Lipinski definition) is 3. The molecule has 0 atom stereocenters. The highest BCUT2D eigenvalue weighted by molar-refractivity contribution is 5.93. The fourth-order valence-electron chi connectivity index (χ4n) is 0.274. The summed E-state index contributed by atoms with van der Waals surface area (Å²) in [7, 11) is 0. The minimum absolute atomic E-state index is 0.0532. The minimum atomic E-state index is -1.00. The summed E-state index contributed by atoms with van der Waals surface area (Å²) in [5.41, 5.74) is 4.28. The highest BCUT2D eigenvalue weighted by Gasteiger charge is 2.22. The molecular formula is C5H10N4O. The number of nitrogens with two attached hydrogens (primary N) is 1. The third-order valence-corrected chi connectivity index (χ3v) is 1.06. The third kappa shape index (κ3) is 1.93. The summed E-state index contributed by atoms with van der Waals surface area (Å²) in [6.07, 6.45) is 0.780. The summed E-state index contributed by atoms with van der Waals surface area (Å²) < 4.78 is 0. The molecule has 5 nitrogen and oxygen atoms in total. The first-order valence-corrected chi connectivity index (χ1v) is 2.72. The van der Waals surface area contributed by atoms with E-state index in [2.05, 4.69) is 10.2 Å². The van der Waals surface area contributed by atoms with Crippen molar-refractivity contribution in [3.05, 3.63) is 4.91 Å². The van der Waals surface area contributed by atoms with E-state index in [1.54, 1.807) is 0 Å². The molecule has 0 fully saturated rings. The Morgan fingerprint density at radius 2 is 2.20 bits per heavy atom. The van der Waals surface area contributed by atoms with Crippen LogP contribution in [0.3, 0.4) is 0 Å². The number of aliphatic imine (C=N–C) groups is 1. The van der Waals surface area contributed by atoms with Gasteiger partial charge >= 0.3 is 0 Å². The smallest absolute Gasteiger partial charge is 0.154 e. The van der Waals surface area contributed by atoms with Gasteiger partial charge in [0.05, 0.1) is 0 Å². The molecule has 3 N–H and O–H groups in total. The Balaban J connectivity index is 4.46. The maximum Gasteiger partial charge on any atom is 0.154 e. The predicted octanol–water partition coefficient (Wildman–Crippen LogP) is 0.496. The maximum absolute atomic E-state index is 10.1. The summed E-state index contributed by atoms with van der Waals surface area (Å²) in [6.45, 7) is 3.06. The summed E-state index contributed by atoms with van der Waals surface area (Å²) in [4.78, 5) is 13.5. The number of nitroso groups, excluding NO2 is 1. The molecule has 0 rings (SSSR count). The average molecular weight is 142 g/mol. The normalized spacial score (nSPS) is 12.8. The van der Waals surface area contributed by atoms with Crippen molar-refractivity contribution in [3.63, 3.8) is 0 Å². The van der Waals surface area contributed by atoms with Crippen molar-refractivity contribution in [1.82, 2.24) is 0 Å². The summed E-state index contributed by atoms with van der Waals surface area (Å²) >= 11 is 0. The molecule has 0 spiro atoms. The van der Waals surface area contributed by atoms with E-state index in [0.717, 1.165) is 6.34 Å². The van der Waals surface area contributed by atoms with Gasteiger partial charge in [0.15, 0.2) is 5.54 Å². The van der Waals surface area contributed by atoms with Gasteiger partial charge in [-0.1, -0.05) is 5.18 Å². The van der Waals surface area contributed by atoms with Crippen LogP contribution in [0.1, 0.15) is 13.8 Å². The molecule has 0 aromatic heterocycles. The van der Waals surface area contributed by atoms with Crippen molar-refractivity contribution < 1.29 is 0 Å². The molecule has 56 valence electrons. The SMILES string of the molecule is CC(C)(N=O)C(N)=NC=N. The summed E-state index contributed by atoms with van der Waals surface area (Å²) in [6, 6.07) is 0. The number of nitrogens with zero attached hydrogens (tertiary/aromatic N) is 2. The lowest BCUT2D eigenvalue weighted by Crippen LogP contribution is -2.36. The van der Waals surface area contributed by atoms with E-state index in [1.165, 1.54) is 13.8 Å². The first kappa shape index (κ1) is 8.74. The van der Waals surface area contributed by atoms with Gasteiger partial charge in [-0.25, -0.2) is 4.99 Å². The molecule has 0 saturated carbocycles. The van der Waals surface area contributed by atoms with Gasteiger partial charge in [0.1, 0.15) is 12.2 Å². The lowest BCUT2D eigenvalue weighted by atomic mass is 10.1. The Morgan fingerprint density at radius 1 is 1.70 bits per heavy atom. The molecule has 5 heteroatoms. The molecule has 0 unspecified atom stereocenters. The van der Waals surface area contributed by atoms with Crippen molar-refractivity contribution in [2.24, 2.45) is 15.9 Å². The zero-order chi connectivity index (χ0) is 8.20. The van der Waals surface area contributed by atoms with Gasteiger partial charge in [0, 0.05) is 0 Å². The molecule has 0 saturated heterocycles. The molecule has 0 radical (unpaired) electrons. The molecule has 0 aliphatic carbocycles. The average Bonchev–Trinajstić information content (AvgIpc) is 1.89. The second-order valence-corrected chi connectivity index (χ2v) is 2.29. The van der Waals surface area contributed by atoms with Crippen LogP contribution in [0.5, 0.6) is 0 Å². The fraction of sp³-hybridized carbons (Fsp3) is 0.600. The Hall–Kier alpha value is -1.26. The monoisotopic (exact) mass is 142 g/mol.